The normalized spacial score (nSPS) is 14.4. The highest BCUT2D eigenvalue weighted by atomic mass is 32.2. The number of hydrogen-bond acceptors (Lipinski definition) is 7. The van der Waals surface area contributed by atoms with Crippen LogP contribution in [0.1, 0.15) is 31.1 Å². The zero-order chi connectivity index (χ0) is 20.1. The quantitative estimate of drug-likeness (QED) is 0.436. The maximum Gasteiger partial charge on any atom is 0.225 e. The lowest BCUT2D eigenvalue weighted by molar-refractivity contribution is -0.120. The molecule has 1 N–H and O–H groups in total. The Labute approximate surface area is 178 Å². The average molecular weight is 431 g/mol. The molecule has 0 spiro atoms. The lowest BCUT2D eigenvalue weighted by Crippen LogP contribution is -2.30. The van der Waals surface area contributed by atoms with Crippen LogP contribution < -0.4 is 10.2 Å². The van der Waals surface area contributed by atoms with E-state index < -0.39 is 0 Å². The molecule has 0 saturated carbocycles. The van der Waals surface area contributed by atoms with Crippen molar-refractivity contribution < 1.29 is 4.79 Å². The molecule has 1 aliphatic rings. The summed E-state index contributed by atoms with van der Waals surface area (Å²) in [6.07, 6.45) is 5.98. The van der Waals surface area contributed by atoms with Crippen LogP contribution >= 0.6 is 23.1 Å². The van der Waals surface area contributed by atoms with Gasteiger partial charge in [-0.3, -0.25) is 4.79 Å². The Hall–Kier alpha value is -2.13. The number of amides is 1. The van der Waals surface area contributed by atoms with Crippen LogP contribution in [0.2, 0.25) is 0 Å². The van der Waals surface area contributed by atoms with E-state index in [1.807, 2.05) is 28.4 Å². The molecule has 154 valence electrons. The topological polar surface area (TPSA) is 75.9 Å². The number of carbonyl (C=O) groups excluding carboxylic acids is 1. The Morgan fingerprint density at radius 2 is 2.14 bits per heavy atom. The summed E-state index contributed by atoms with van der Waals surface area (Å²) in [6.45, 7) is 5.30. The summed E-state index contributed by atoms with van der Waals surface area (Å²) in [6, 6.07) is 3.95. The number of piperidine rings is 1. The number of nitrogens with zero attached hydrogens (tertiary/aromatic N) is 5. The van der Waals surface area contributed by atoms with Gasteiger partial charge in [-0.2, -0.15) is 5.10 Å². The molecule has 7 nitrogen and oxygen atoms in total. The van der Waals surface area contributed by atoms with Crippen molar-refractivity contribution in [2.24, 2.45) is 0 Å². The smallest absolute Gasteiger partial charge is 0.225 e. The van der Waals surface area contributed by atoms with E-state index in [0.29, 0.717) is 19.5 Å². The van der Waals surface area contributed by atoms with Gasteiger partial charge in [-0.15, -0.1) is 11.3 Å². The first-order valence-electron chi connectivity index (χ1n) is 10.1. The van der Waals surface area contributed by atoms with Crippen LogP contribution in [0.25, 0.3) is 11.0 Å². The highest BCUT2D eigenvalue weighted by Gasteiger charge is 2.20. The molecule has 3 aromatic heterocycles. The van der Waals surface area contributed by atoms with Crippen LogP contribution in [0.5, 0.6) is 0 Å². The van der Waals surface area contributed by atoms with Gasteiger partial charge in [0.15, 0.2) is 10.8 Å². The standard InChI is InChI=1S/C20H26N6OS2/c1-2-28-20-23-18(25-9-4-3-5-10-25)16-14-22-26(19(16)24-20)11-8-21-17(27)13-15-7-6-12-29-15/h6-7,12,14H,2-5,8-11,13H2,1H3,(H,21,27). The highest BCUT2D eigenvalue weighted by Crippen LogP contribution is 2.29. The number of thiophene rings is 1. The molecular formula is C20H26N6OS2. The molecule has 1 amide bonds. The van der Waals surface area contributed by atoms with Crippen LogP contribution in [0.3, 0.4) is 0 Å². The van der Waals surface area contributed by atoms with Crippen LogP contribution in [0, 0.1) is 0 Å². The lowest BCUT2D eigenvalue weighted by atomic mass is 10.1. The van der Waals surface area contributed by atoms with Crippen molar-refractivity contribution in [2.75, 3.05) is 30.3 Å². The SMILES string of the molecule is CCSc1nc(N2CCCCC2)c2cnn(CCNC(=O)Cc3cccs3)c2n1. The summed E-state index contributed by atoms with van der Waals surface area (Å²) in [5.41, 5.74) is 0.851. The minimum atomic E-state index is 0.0368. The van der Waals surface area contributed by atoms with Gasteiger partial charge in [0.2, 0.25) is 5.91 Å². The van der Waals surface area contributed by atoms with Crippen molar-refractivity contribution in [1.82, 2.24) is 25.1 Å². The van der Waals surface area contributed by atoms with Crippen LogP contribution in [-0.4, -0.2) is 51.0 Å². The average Bonchev–Trinajstić information content (AvgIpc) is 3.39. The molecule has 1 saturated heterocycles. The van der Waals surface area contributed by atoms with E-state index in [4.69, 9.17) is 9.97 Å². The molecule has 0 aliphatic carbocycles. The molecule has 0 aromatic carbocycles. The monoisotopic (exact) mass is 430 g/mol. The maximum absolute atomic E-state index is 12.1. The fourth-order valence-corrected chi connectivity index (χ4v) is 4.82. The van der Waals surface area contributed by atoms with Crippen LogP contribution in [-0.2, 0) is 17.8 Å². The largest absolute Gasteiger partial charge is 0.356 e. The molecule has 29 heavy (non-hydrogen) atoms. The van der Waals surface area contributed by atoms with E-state index in [1.165, 1.54) is 19.3 Å². The van der Waals surface area contributed by atoms with Crippen molar-refractivity contribution in [1.29, 1.82) is 0 Å². The van der Waals surface area contributed by atoms with Gasteiger partial charge in [-0.05, 0) is 36.5 Å². The van der Waals surface area contributed by atoms with Gasteiger partial charge in [-0.1, -0.05) is 24.8 Å². The third-order valence-electron chi connectivity index (χ3n) is 4.95. The van der Waals surface area contributed by atoms with E-state index in [-0.39, 0.29) is 5.91 Å². The number of anilines is 1. The summed E-state index contributed by atoms with van der Waals surface area (Å²) in [5.74, 6) is 1.96. The number of nitrogens with one attached hydrogen (secondary N) is 1. The second-order valence-corrected chi connectivity index (χ2v) is 9.29. The van der Waals surface area contributed by atoms with E-state index >= 15 is 0 Å². The van der Waals surface area contributed by atoms with Crippen molar-refractivity contribution in [2.45, 2.75) is 44.3 Å². The number of aromatic nitrogens is 4. The Kier molecular flexibility index (Phi) is 6.66. The third kappa shape index (κ3) is 4.90. The molecule has 0 atom stereocenters. The molecule has 3 aromatic rings. The first-order chi connectivity index (χ1) is 14.2. The van der Waals surface area contributed by atoms with E-state index in [9.17, 15) is 4.79 Å². The summed E-state index contributed by atoms with van der Waals surface area (Å²) >= 11 is 3.26. The van der Waals surface area contributed by atoms with E-state index in [1.54, 1.807) is 23.1 Å². The fourth-order valence-electron chi connectivity index (χ4n) is 3.56. The zero-order valence-corrected chi connectivity index (χ0v) is 18.3. The summed E-state index contributed by atoms with van der Waals surface area (Å²) in [5, 5.41) is 11.3. The van der Waals surface area contributed by atoms with Crippen molar-refractivity contribution in [3.8, 4) is 0 Å². The Balaban J connectivity index is 1.49. The van der Waals surface area contributed by atoms with Gasteiger partial charge >= 0.3 is 0 Å². The van der Waals surface area contributed by atoms with Crippen LogP contribution in [0.15, 0.2) is 28.9 Å². The maximum atomic E-state index is 12.1. The van der Waals surface area contributed by atoms with Gasteiger partial charge in [0, 0.05) is 24.5 Å². The third-order valence-corrected chi connectivity index (χ3v) is 6.55. The predicted molar refractivity (Wildman–Crippen MR) is 119 cm³/mol. The summed E-state index contributed by atoms with van der Waals surface area (Å²) in [4.78, 5) is 25.2. The lowest BCUT2D eigenvalue weighted by Gasteiger charge is -2.28. The first kappa shape index (κ1) is 20.2. The van der Waals surface area contributed by atoms with Crippen LogP contribution in [0.4, 0.5) is 5.82 Å². The number of hydrogen-bond donors (Lipinski definition) is 1. The summed E-state index contributed by atoms with van der Waals surface area (Å²) < 4.78 is 1.88. The minimum absolute atomic E-state index is 0.0368. The Bertz CT molecular complexity index is 949. The number of fused-ring (bicyclic) bond motifs is 1. The molecule has 1 fully saturated rings. The predicted octanol–water partition coefficient (Wildman–Crippen LogP) is 3.35. The number of rotatable bonds is 8. The van der Waals surface area contributed by atoms with Gasteiger partial charge in [0.05, 0.1) is 24.5 Å². The minimum Gasteiger partial charge on any atom is -0.356 e. The molecule has 9 heteroatoms. The second-order valence-electron chi connectivity index (χ2n) is 7.02. The van der Waals surface area contributed by atoms with E-state index in [2.05, 4.69) is 22.2 Å². The van der Waals surface area contributed by atoms with Crippen molar-refractivity contribution in [3.05, 3.63) is 28.6 Å². The van der Waals surface area contributed by atoms with Gasteiger partial charge in [0.25, 0.3) is 0 Å². The molecule has 0 bridgehead atoms. The van der Waals surface area contributed by atoms with Gasteiger partial charge in [-0.25, -0.2) is 14.6 Å². The Morgan fingerprint density at radius 1 is 1.28 bits per heavy atom. The zero-order valence-electron chi connectivity index (χ0n) is 16.6. The van der Waals surface area contributed by atoms with Crippen molar-refractivity contribution >= 4 is 45.9 Å². The Morgan fingerprint density at radius 3 is 2.90 bits per heavy atom. The van der Waals surface area contributed by atoms with Gasteiger partial charge in [0.1, 0.15) is 5.82 Å². The van der Waals surface area contributed by atoms with E-state index in [0.717, 1.165) is 45.7 Å². The highest BCUT2D eigenvalue weighted by molar-refractivity contribution is 7.99. The number of carbonyl (C=O) groups is 1. The second kappa shape index (κ2) is 9.58. The molecule has 4 heterocycles. The summed E-state index contributed by atoms with van der Waals surface area (Å²) in [7, 11) is 0. The molecular weight excluding hydrogens is 404 g/mol. The molecule has 1 aliphatic heterocycles. The fraction of sp³-hybridized carbons (Fsp3) is 0.500. The number of thioether (sulfide) groups is 1. The molecule has 4 rings (SSSR count). The first-order valence-corrected chi connectivity index (χ1v) is 12.0. The molecule has 0 unspecified atom stereocenters. The molecule has 0 radical (unpaired) electrons. The van der Waals surface area contributed by atoms with Crippen molar-refractivity contribution in [3.63, 3.8) is 0 Å². The van der Waals surface area contributed by atoms with Gasteiger partial charge < -0.3 is 10.2 Å².